The molecule has 1 heteroatoms. The first kappa shape index (κ1) is 12.3. The Morgan fingerprint density at radius 1 is 1.00 bits per heavy atom. The highest BCUT2D eigenvalue weighted by molar-refractivity contribution is 5.17. The van der Waals surface area contributed by atoms with Crippen molar-refractivity contribution in [1.82, 2.24) is 4.90 Å². The van der Waals surface area contributed by atoms with Gasteiger partial charge in [-0.1, -0.05) is 39.8 Å². The normalized spacial score (nSPS) is 13.4. The fourth-order valence-electron chi connectivity index (χ4n) is 0.986. The SMILES string of the molecule is CC(C)/C=C\C(=C/C(C)C)N(C)C. The maximum atomic E-state index is 2.28. The van der Waals surface area contributed by atoms with Gasteiger partial charge < -0.3 is 4.90 Å². The zero-order valence-corrected chi connectivity index (χ0v) is 9.83. The Bertz CT molecular complexity index is 185. The fourth-order valence-corrected chi connectivity index (χ4v) is 0.986. The van der Waals surface area contributed by atoms with E-state index in [4.69, 9.17) is 0 Å². The first-order chi connectivity index (χ1) is 5.93. The van der Waals surface area contributed by atoms with Crippen LogP contribution in [-0.4, -0.2) is 19.0 Å². The van der Waals surface area contributed by atoms with E-state index in [0.717, 1.165) is 0 Å². The van der Waals surface area contributed by atoms with Crippen molar-refractivity contribution in [1.29, 1.82) is 0 Å². The average Bonchev–Trinajstić information content (AvgIpc) is 1.96. The van der Waals surface area contributed by atoms with Crippen LogP contribution < -0.4 is 0 Å². The average molecular weight is 181 g/mol. The second-order valence-electron chi connectivity index (χ2n) is 4.33. The molecule has 0 N–H and O–H groups in total. The van der Waals surface area contributed by atoms with E-state index in [1.165, 1.54) is 5.70 Å². The number of nitrogens with zero attached hydrogens (tertiary/aromatic N) is 1. The Morgan fingerprint density at radius 2 is 1.54 bits per heavy atom. The van der Waals surface area contributed by atoms with Gasteiger partial charge in [-0.2, -0.15) is 0 Å². The topological polar surface area (TPSA) is 3.24 Å². The number of rotatable bonds is 4. The molecular formula is C12H23N. The van der Waals surface area contributed by atoms with Crippen molar-refractivity contribution >= 4 is 0 Å². The molecule has 0 bridgehead atoms. The zero-order valence-electron chi connectivity index (χ0n) is 9.83. The smallest absolute Gasteiger partial charge is 0.0319 e. The van der Waals surface area contributed by atoms with Crippen LogP contribution in [0.3, 0.4) is 0 Å². The van der Waals surface area contributed by atoms with E-state index in [9.17, 15) is 0 Å². The third-order valence-electron chi connectivity index (χ3n) is 1.67. The van der Waals surface area contributed by atoms with Crippen molar-refractivity contribution in [3.8, 4) is 0 Å². The number of hydrogen-bond donors (Lipinski definition) is 0. The lowest BCUT2D eigenvalue weighted by Crippen LogP contribution is -2.10. The molecule has 0 saturated heterocycles. The van der Waals surface area contributed by atoms with Crippen LogP contribution in [0.4, 0.5) is 0 Å². The van der Waals surface area contributed by atoms with Crippen molar-refractivity contribution in [3.05, 3.63) is 23.9 Å². The summed E-state index contributed by atoms with van der Waals surface area (Å²) in [6, 6.07) is 0. The first-order valence-corrected chi connectivity index (χ1v) is 5.00. The number of allylic oxidation sites excluding steroid dienone is 3. The maximum Gasteiger partial charge on any atom is 0.0319 e. The zero-order chi connectivity index (χ0) is 10.4. The third kappa shape index (κ3) is 6.44. The van der Waals surface area contributed by atoms with Gasteiger partial charge in [-0.15, -0.1) is 0 Å². The van der Waals surface area contributed by atoms with E-state index in [2.05, 4.69) is 64.9 Å². The van der Waals surface area contributed by atoms with Crippen molar-refractivity contribution in [2.45, 2.75) is 27.7 Å². The van der Waals surface area contributed by atoms with E-state index < -0.39 is 0 Å². The highest BCUT2D eigenvalue weighted by Crippen LogP contribution is 2.08. The predicted molar refractivity (Wildman–Crippen MR) is 60.6 cm³/mol. The molecule has 0 unspecified atom stereocenters. The van der Waals surface area contributed by atoms with Gasteiger partial charge in [0.25, 0.3) is 0 Å². The molecule has 0 radical (unpaired) electrons. The summed E-state index contributed by atoms with van der Waals surface area (Å²) in [6.07, 6.45) is 6.71. The van der Waals surface area contributed by atoms with Gasteiger partial charge in [0.2, 0.25) is 0 Å². The molecule has 0 spiro atoms. The van der Waals surface area contributed by atoms with Crippen LogP contribution in [0, 0.1) is 11.8 Å². The molecule has 0 aliphatic rings. The Balaban J connectivity index is 4.44. The summed E-state index contributed by atoms with van der Waals surface area (Å²) >= 11 is 0. The molecule has 0 atom stereocenters. The van der Waals surface area contributed by atoms with Crippen LogP contribution >= 0.6 is 0 Å². The Kier molecular flexibility index (Phi) is 5.52. The largest absolute Gasteiger partial charge is 0.378 e. The molecule has 0 heterocycles. The standard InChI is InChI=1S/C12H23N/c1-10(2)7-8-12(13(5)6)9-11(3)4/h7-11H,1-6H3/b8-7-,12-9+. The van der Waals surface area contributed by atoms with Crippen LogP contribution in [0.1, 0.15) is 27.7 Å². The lowest BCUT2D eigenvalue weighted by atomic mass is 10.1. The Morgan fingerprint density at radius 3 is 1.85 bits per heavy atom. The van der Waals surface area contributed by atoms with E-state index in [-0.39, 0.29) is 0 Å². The van der Waals surface area contributed by atoms with E-state index in [1.807, 2.05) is 0 Å². The van der Waals surface area contributed by atoms with Crippen molar-refractivity contribution in [2.24, 2.45) is 11.8 Å². The highest BCUT2D eigenvalue weighted by Gasteiger charge is 1.96. The molecule has 13 heavy (non-hydrogen) atoms. The van der Waals surface area contributed by atoms with Gasteiger partial charge in [0, 0.05) is 19.8 Å². The second kappa shape index (κ2) is 5.85. The molecule has 0 saturated carbocycles. The molecule has 0 aromatic carbocycles. The van der Waals surface area contributed by atoms with Crippen LogP contribution in [-0.2, 0) is 0 Å². The minimum atomic E-state index is 0.606. The lowest BCUT2D eigenvalue weighted by Gasteiger charge is -2.15. The molecule has 0 amide bonds. The summed E-state index contributed by atoms with van der Waals surface area (Å²) in [6.45, 7) is 8.79. The van der Waals surface area contributed by atoms with Gasteiger partial charge in [-0.3, -0.25) is 0 Å². The lowest BCUT2D eigenvalue weighted by molar-refractivity contribution is 0.521. The van der Waals surface area contributed by atoms with Crippen molar-refractivity contribution < 1.29 is 0 Å². The molecule has 0 aliphatic heterocycles. The molecule has 76 valence electrons. The summed E-state index contributed by atoms with van der Waals surface area (Å²) in [5.74, 6) is 1.23. The third-order valence-corrected chi connectivity index (χ3v) is 1.67. The van der Waals surface area contributed by atoms with Gasteiger partial charge in [-0.25, -0.2) is 0 Å². The Labute approximate surface area is 83.1 Å². The number of likely N-dealkylation sites (N-methyl/N-ethyl adjacent to an activating group) is 1. The quantitative estimate of drug-likeness (QED) is 0.601. The molecule has 1 nitrogen and oxygen atoms in total. The van der Waals surface area contributed by atoms with Gasteiger partial charge in [0.15, 0.2) is 0 Å². The highest BCUT2D eigenvalue weighted by atomic mass is 15.1. The van der Waals surface area contributed by atoms with Crippen molar-refractivity contribution in [2.75, 3.05) is 14.1 Å². The van der Waals surface area contributed by atoms with Gasteiger partial charge >= 0.3 is 0 Å². The predicted octanol–water partition coefficient (Wildman–Crippen LogP) is 3.30. The van der Waals surface area contributed by atoms with Gasteiger partial charge in [0.05, 0.1) is 0 Å². The van der Waals surface area contributed by atoms with Crippen LogP contribution in [0.25, 0.3) is 0 Å². The van der Waals surface area contributed by atoms with E-state index in [0.29, 0.717) is 11.8 Å². The summed E-state index contributed by atoms with van der Waals surface area (Å²) in [5.41, 5.74) is 1.30. The Hall–Kier alpha value is -0.720. The van der Waals surface area contributed by atoms with Gasteiger partial charge in [0.1, 0.15) is 0 Å². The molecule has 0 aromatic heterocycles. The summed E-state index contributed by atoms with van der Waals surface area (Å²) in [7, 11) is 4.16. The maximum absolute atomic E-state index is 2.28. The molecule has 0 aliphatic carbocycles. The molecule has 0 fully saturated rings. The summed E-state index contributed by atoms with van der Waals surface area (Å²) < 4.78 is 0. The van der Waals surface area contributed by atoms with Crippen molar-refractivity contribution in [3.63, 3.8) is 0 Å². The minimum absolute atomic E-state index is 0.606. The van der Waals surface area contributed by atoms with Crippen LogP contribution in [0.2, 0.25) is 0 Å². The second-order valence-corrected chi connectivity index (χ2v) is 4.33. The molecular weight excluding hydrogens is 158 g/mol. The monoisotopic (exact) mass is 181 g/mol. The van der Waals surface area contributed by atoms with Crippen LogP contribution in [0.15, 0.2) is 23.9 Å². The summed E-state index contributed by atoms with van der Waals surface area (Å²) in [4.78, 5) is 2.15. The first-order valence-electron chi connectivity index (χ1n) is 5.00. The van der Waals surface area contributed by atoms with Gasteiger partial charge in [-0.05, 0) is 17.9 Å². The fraction of sp³-hybridized carbons (Fsp3) is 0.667. The number of hydrogen-bond acceptors (Lipinski definition) is 1. The molecule has 0 rings (SSSR count). The van der Waals surface area contributed by atoms with E-state index in [1.54, 1.807) is 0 Å². The van der Waals surface area contributed by atoms with E-state index >= 15 is 0 Å². The van der Waals surface area contributed by atoms with Crippen LogP contribution in [0.5, 0.6) is 0 Å². The molecule has 0 aromatic rings. The minimum Gasteiger partial charge on any atom is -0.378 e. The summed E-state index contributed by atoms with van der Waals surface area (Å²) in [5, 5.41) is 0.